The monoisotopic (exact) mass is 332 g/mol. The molecule has 0 radical (unpaired) electrons. The van der Waals surface area contributed by atoms with Crippen molar-refractivity contribution < 1.29 is 14.7 Å². The van der Waals surface area contributed by atoms with E-state index < -0.39 is 11.8 Å². The van der Waals surface area contributed by atoms with Crippen LogP contribution in [0.1, 0.15) is 12.5 Å². The zero-order chi connectivity index (χ0) is 16.8. The van der Waals surface area contributed by atoms with E-state index in [2.05, 4.69) is 10.6 Å². The van der Waals surface area contributed by atoms with E-state index in [-0.39, 0.29) is 19.1 Å². The van der Waals surface area contributed by atoms with Crippen LogP contribution in [0, 0.1) is 12.8 Å². The van der Waals surface area contributed by atoms with Gasteiger partial charge in [-0.05, 0) is 47.5 Å². The predicted molar refractivity (Wildman–Crippen MR) is 92.4 cm³/mol. The van der Waals surface area contributed by atoms with Crippen LogP contribution in [0.3, 0.4) is 0 Å². The first-order chi connectivity index (χ1) is 11.0. The first-order valence-corrected chi connectivity index (χ1v) is 8.23. The molecule has 2 amide bonds. The summed E-state index contributed by atoms with van der Waals surface area (Å²) < 4.78 is 0. The molecule has 6 heteroatoms. The van der Waals surface area contributed by atoms with Crippen LogP contribution in [0.25, 0.3) is 10.4 Å². The van der Waals surface area contributed by atoms with E-state index in [9.17, 15) is 9.59 Å². The van der Waals surface area contributed by atoms with Crippen molar-refractivity contribution in [2.75, 3.05) is 18.5 Å². The number of hydrogen-bond donors (Lipinski definition) is 3. The molecule has 3 N–H and O–H groups in total. The van der Waals surface area contributed by atoms with Gasteiger partial charge >= 0.3 is 11.8 Å². The molecule has 23 heavy (non-hydrogen) atoms. The Hall–Kier alpha value is -2.18. The van der Waals surface area contributed by atoms with Crippen molar-refractivity contribution in [3.63, 3.8) is 0 Å². The summed E-state index contributed by atoms with van der Waals surface area (Å²) in [6.45, 7) is 4.04. The van der Waals surface area contributed by atoms with Gasteiger partial charge in [0.25, 0.3) is 0 Å². The molecule has 122 valence electrons. The number of benzene rings is 1. The fraction of sp³-hybridized carbons (Fsp3) is 0.294. The van der Waals surface area contributed by atoms with E-state index in [1.165, 1.54) is 5.56 Å². The van der Waals surface area contributed by atoms with Gasteiger partial charge in [-0.25, -0.2) is 0 Å². The van der Waals surface area contributed by atoms with Crippen molar-refractivity contribution in [2.24, 2.45) is 5.92 Å². The molecule has 0 saturated heterocycles. The van der Waals surface area contributed by atoms with Gasteiger partial charge in [0, 0.05) is 23.7 Å². The number of amides is 2. The van der Waals surface area contributed by atoms with Crippen molar-refractivity contribution >= 4 is 28.8 Å². The number of aliphatic hydroxyl groups excluding tert-OH is 1. The predicted octanol–water partition coefficient (Wildman–Crippen LogP) is 2.41. The molecule has 2 rings (SSSR count). The van der Waals surface area contributed by atoms with Gasteiger partial charge in [-0.2, -0.15) is 0 Å². The first kappa shape index (κ1) is 17.2. The lowest BCUT2D eigenvalue weighted by Gasteiger charge is -2.10. The summed E-state index contributed by atoms with van der Waals surface area (Å²) in [5.74, 6) is -1.50. The molecule has 1 heterocycles. The summed E-state index contributed by atoms with van der Waals surface area (Å²) in [5, 5.41) is 16.0. The fourth-order valence-corrected chi connectivity index (χ4v) is 2.93. The Balaban J connectivity index is 2.02. The van der Waals surface area contributed by atoms with E-state index >= 15 is 0 Å². The normalized spacial score (nSPS) is 11.8. The van der Waals surface area contributed by atoms with Crippen LogP contribution in [0.15, 0.2) is 35.7 Å². The Morgan fingerprint density at radius 1 is 1.26 bits per heavy atom. The second-order valence-electron chi connectivity index (χ2n) is 5.47. The van der Waals surface area contributed by atoms with Gasteiger partial charge in [0.05, 0.1) is 0 Å². The van der Waals surface area contributed by atoms with Gasteiger partial charge in [0.2, 0.25) is 0 Å². The molecule has 2 aromatic rings. The Morgan fingerprint density at radius 2 is 2.04 bits per heavy atom. The second-order valence-corrected chi connectivity index (χ2v) is 6.38. The molecule has 0 saturated carbocycles. The van der Waals surface area contributed by atoms with Crippen LogP contribution in [0.2, 0.25) is 0 Å². The molecule has 1 unspecified atom stereocenters. The number of anilines is 1. The minimum absolute atomic E-state index is 0.0376. The van der Waals surface area contributed by atoms with Crippen LogP contribution in [0.5, 0.6) is 0 Å². The van der Waals surface area contributed by atoms with E-state index in [0.29, 0.717) is 5.69 Å². The summed E-state index contributed by atoms with van der Waals surface area (Å²) >= 11 is 1.63. The quantitative estimate of drug-likeness (QED) is 0.736. The van der Waals surface area contributed by atoms with Crippen LogP contribution < -0.4 is 10.6 Å². The number of carbonyl (C=O) groups is 2. The highest BCUT2D eigenvalue weighted by Gasteiger charge is 2.15. The minimum atomic E-state index is -0.713. The van der Waals surface area contributed by atoms with E-state index in [4.69, 9.17) is 5.11 Å². The van der Waals surface area contributed by atoms with Crippen molar-refractivity contribution in [1.29, 1.82) is 0 Å². The second kappa shape index (κ2) is 7.89. The molecule has 1 aromatic carbocycles. The molecule has 0 aliphatic carbocycles. The zero-order valence-corrected chi connectivity index (χ0v) is 13.9. The highest BCUT2D eigenvalue weighted by molar-refractivity contribution is 7.13. The highest BCUT2D eigenvalue weighted by Crippen LogP contribution is 2.30. The van der Waals surface area contributed by atoms with Crippen molar-refractivity contribution in [3.05, 3.63) is 41.3 Å². The molecule has 0 bridgehead atoms. The lowest BCUT2D eigenvalue weighted by atomic mass is 10.1. The maximum atomic E-state index is 11.9. The third-order valence-electron chi connectivity index (χ3n) is 3.37. The number of nitrogens with one attached hydrogen (secondary N) is 2. The molecule has 5 nitrogen and oxygen atoms in total. The number of aliphatic hydroxyl groups is 1. The number of aryl methyl sites for hydroxylation is 1. The number of rotatable bonds is 5. The number of hydrogen-bond acceptors (Lipinski definition) is 4. The molecular formula is C17H20N2O3S. The minimum Gasteiger partial charge on any atom is -0.396 e. The Kier molecular flexibility index (Phi) is 5.90. The number of carbonyl (C=O) groups excluding carboxylic acids is 2. The van der Waals surface area contributed by atoms with Gasteiger partial charge < -0.3 is 15.7 Å². The molecule has 0 aliphatic heterocycles. The summed E-state index contributed by atoms with van der Waals surface area (Å²) in [5.41, 5.74) is 2.75. The third-order valence-corrected chi connectivity index (χ3v) is 4.44. The van der Waals surface area contributed by atoms with Gasteiger partial charge in [-0.3, -0.25) is 9.59 Å². The molecule has 0 spiro atoms. The van der Waals surface area contributed by atoms with E-state index in [1.807, 2.05) is 36.6 Å². The molecule has 0 aliphatic rings. The standard InChI is InChI=1S/C17H20N2O3S/c1-11(10-20)9-18-16(21)17(22)19-14-5-3-4-13(8-14)15-12(2)6-7-23-15/h3-8,11,20H,9-10H2,1-2H3,(H,18,21)(H,19,22). The Labute approximate surface area is 139 Å². The SMILES string of the molecule is Cc1ccsc1-c1cccc(NC(=O)C(=O)NCC(C)CO)c1. The van der Waals surface area contributed by atoms with Crippen molar-refractivity contribution in [1.82, 2.24) is 5.32 Å². The largest absolute Gasteiger partial charge is 0.396 e. The van der Waals surface area contributed by atoms with Crippen LogP contribution in [0.4, 0.5) is 5.69 Å². The molecular weight excluding hydrogens is 312 g/mol. The lowest BCUT2D eigenvalue weighted by molar-refractivity contribution is -0.136. The topological polar surface area (TPSA) is 78.4 Å². The van der Waals surface area contributed by atoms with Crippen LogP contribution >= 0.6 is 11.3 Å². The van der Waals surface area contributed by atoms with Gasteiger partial charge in [0.1, 0.15) is 0 Å². The highest BCUT2D eigenvalue weighted by atomic mass is 32.1. The lowest BCUT2D eigenvalue weighted by Crippen LogP contribution is -2.38. The van der Waals surface area contributed by atoms with Gasteiger partial charge in [-0.1, -0.05) is 19.1 Å². The summed E-state index contributed by atoms with van der Waals surface area (Å²) in [6, 6.07) is 9.45. The molecule has 1 aromatic heterocycles. The van der Waals surface area contributed by atoms with Crippen LogP contribution in [-0.2, 0) is 9.59 Å². The summed E-state index contributed by atoms with van der Waals surface area (Å²) in [6.07, 6.45) is 0. The van der Waals surface area contributed by atoms with Crippen molar-refractivity contribution in [3.8, 4) is 10.4 Å². The van der Waals surface area contributed by atoms with Crippen LogP contribution in [-0.4, -0.2) is 30.1 Å². The van der Waals surface area contributed by atoms with E-state index in [0.717, 1.165) is 10.4 Å². The van der Waals surface area contributed by atoms with E-state index in [1.54, 1.807) is 24.3 Å². The Bertz CT molecular complexity index is 697. The molecule has 0 fully saturated rings. The smallest absolute Gasteiger partial charge is 0.313 e. The summed E-state index contributed by atoms with van der Waals surface area (Å²) in [4.78, 5) is 24.8. The maximum Gasteiger partial charge on any atom is 0.313 e. The van der Waals surface area contributed by atoms with Gasteiger partial charge in [-0.15, -0.1) is 11.3 Å². The zero-order valence-electron chi connectivity index (χ0n) is 13.1. The van der Waals surface area contributed by atoms with Gasteiger partial charge in [0.15, 0.2) is 0 Å². The van der Waals surface area contributed by atoms with Crippen molar-refractivity contribution in [2.45, 2.75) is 13.8 Å². The fourth-order valence-electron chi connectivity index (χ4n) is 2.01. The number of thiophene rings is 1. The first-order valence-electron chi connectivity index (χ1n) is 7.36. The Morgan fingerprint density at radius 3 is 2.70 bits per heavy atom. The average molecular weight is 332 g/mol. The average Bonchev–Trinajstić information content (AvgIpc) is 2.98. The molecule has 1 atom stereocenters. The maximum absolute atomic E-state index is 11.9. The third kappa shape index (κ3) is 4.64. The summed E-state index contributed by atoms with van der Waals surface area (Å²) in [7, 11) is 0.